The average molecular weight is 210 g/mol. The lowest BCUT2D eigenvalue weighted by atomic mass is 10.0. The van der Waals surface area contributed by atoms with E-state index in [1.54, 1.807) is 11.3 Å². The summed E-state index contributed by atoms with van der Waals surface area (Å²) in [5, 5.41) is 4.77. The van der Waals surface area contributed by atoms with Crippen LogP contribution < -0.4 is 5.32 Å². The van der Waals surface area contributed by atoms with Gasteiger partial charge in [0.25, 0.3) is 0 Å². The molecule has 14 heavy (non-hydrogen) atoms. The minimum atomic E-state index is 0.562. The molecule has 2 rings (SSSR count). The van der Waals surface area contributed by atoms with Crippen LogP contribution in [0.1, 0.15) is 36.6 Å². The maximum absolute atomic E-state index is 4.35. The van der Waals surface area contributed by atoms with Crippen molar-refractivity contribution in [2.45, 2.75) is 46.2 Å². The van der Waals surface area contributed by atoms with E-state index in [0.717, 1.165) is 6.54 Å². The fourth-order valence-electron chi connectivity index (χ4n) is 1.60. The lowest BCUT2D eigenvalue weighted by Crippen LogP contribution is -2.32. The van der Waals surface area contributed by atoms with E-state index < -0.39 is 0 Å². The normalized spacial score (nSPS) is 20.8. The zero-order valence-electron chi connectivity index (χ0n) is 9.13. The standard InChI is InChI=1S/C11H18N2S/c1-8-6-13-10(14-8)7-12-9(2)11(3)4-5-11/h6,9,12H,4-5,7H2,1-3H3. The van der Waals surface area contributed by atoms with Crippen molar-refractivity contribution in [1.82, 2.24) is 10.3 Å². The molecule has 0 spiro atoms. The lowest BCUT2D eigenvalue weighted by Gasteiger charge is -2.19. The molecule has 0 saturated heterocycles. The van der Waals surface area contributed by atoms with E-state index in [-0.39, 0.29) is 0 Å². The number of aryl methyl sites for hydroxylation is 1. The highest BCUT2D eigenvalue weighted by molar-refractivity contribution is 7.11. The number of hydrogen-bond acceptors (Lipinski definition) is 3. The van der Waals surface area contributed by atoms with Gasteiger partial charge in [0.15, 0.2) is 0 Å². The van der Waals surface area contributed by atoms with Crippen molar-refractivity contribution in [3.05, 3.63) is 16.1 Å². The van der Waals surface area contributed by atoms with Crippen LogP contribution in [0, 0.1) is 12.3 Å². The van der Waals surface area contributed by atoms with Gasteiger partial charge >= 0.3 is 0 Å². The minimum absolute atomic E-state index is 0.562. The number of hydrogen-bond donors (Lipinski definition) is 1. The summed E-state index contributed by atoms with van der Waals surface area (Å²) in [6.45, 7) is 7.67. The highest BCUT2D eigenvalue weighted by Crippen LogP contribution is 2.47. The third kappa shape index (κ3) is 2.15. The highest BCUT2D eigenvalue weighted by Gasteiger charge is 2.42. The van der Waals surface area contributed by atoms with Crippen LogP contribution >= 0.6 is 11.3 Å². The number of aromatic nitrogens is 1. The van der Waals surface area contributed by atoms with Crippen molar-refractivity contribution in [2.24, 2.45) is 5.41 Å². The first-order valence-corrected chi connectivity index (χ1v) is 6.06. The molecule has 0 amide bonds. The molecule has 1 heterocycles. The van der Waals surface area contributed by atoms with E-state index in [9.17, 15) is 0 Å². The molecule has 1 aromatic rings. The van der Waals surface area contributed by atoms with Crippen molar-refractivity contribution >= 4 is 11.3 Å². The first-order valence-electron chi connectivity index (χ1n) is 5.25. The predicted octanol–water partition coefficient (Wildman–Crippen LogP) is 2.73. The Morgan fingerprint density at radius 2 is 2.36 bits per heavy atom. The monoisotopic (exact) mass is 210 g/mol. The highest BCUT2D eigenvalue weighted by atomic mass is 32.1. The third-order valence-electron chi connectivity index (χ3n) is 3.31. The zero-order valence-corrected chi connectivity index (χ0v) is 9.95. The molecular weight excluding hydrogens is 192 g/mol. The molecule has 1 saturated carbocycles. The molecule has 1 unspecified atom stereocenters. The van der Waals surface area contributed by atoms with Gasteiger partial charge in [0.2, 0.25) is 0 Å². The van der Waals surface area contributed by atoms with Crippen molar-refractivity contribution in [3.63, 3.8) is 0 Å². The van der Waals surface area contributed by atoms with Crippen LogP contribution in [0.3, 0.4) is 0 Å². The fraction of sp³-hybridized carbons (Fsp3) is 0.727. The number of nitrogens with zero attached hydrogens (tertiary/aromatic N) is 1. The molecule has 1 aliphatic rings. The molecule has 0 radical (unpaired) electrons. The third-order valence-corrected chi connectivity index (χ3v) is 4.23. The molecule has 3 heteroatoms. The lowest BCUT2D eigenvalue weighted by molar-refractivity contribution is 0.379. The Kier molecular flexibility index (Phi) is 2.62. The first kappa shape index (κ1) is 10.1. The van der Waals surface area contributed by atoms with E-state index in [1.807, 2.05) is 6.20 Å². The first-order chi connectivity index (χ1) is 6.60. The van der Waals surface area contributed by atoms with Crippen molar-refractivity contribution in [2.75, 3.05) is 0 Å². The Morgan fingerprint density at radius 3 is 2.86 bits per heavy atom. The van der Waals surface area contributed by atoms with E-state index >= 15 is 0 Å². The molecule has 1 aromatic heterocycles. The summed E-state index contributed by atoms with van der Waals surface area (Å²) in [7, 11) is 0. The van der Waals surface area contributed by atoms with E-state index in [2.05, 4.69) is 31.1 Å². The van der Waals surface area contributed by atoms with Gasteiger partial charge in [0.1, 0.15) is 5.01 Å². The van der Waals surface area contributed by atoms with Gasteiger partial charge in [0.05, 0.1) is 0 Å². The molecule has 0 bridgehead atoms. The van der Waals surface area contributed by atoms with Crippen LogP contribution in [0.15, 0.2) is 6.20 Å². The van der Waals surface area contributed by atoms with Crippen molar-refractivity contribution < 1.29 is 0 Å². The number of thiazole rings is 1. The summed E-state index contributed by atoms with van der Waals surface area (Å²) in [4.78, 5) is 5.64. The number of rotatable bonds is 4. The molecule has 1 fully saturated rings. The van der Waals surface area contributed by atoms with Crippen LogP contribution in [0.2, 0.25) is 0 Å². The molecule has 78 valence electrons. The Hall–Kier alpha value is -0.410. The van der Waals surface area contributed by atoms with Gasteiger partial charge in [-0.15, -0.1) is 11.3 Å². The summed E-state index contributed by atoms with van der Waals surface area (Å²) >= 11 is 1.79. The van der Waals surface area contributed by atoms with Crippen LogP contribution in [0.4, 0.5) is 0 Å². The Labute approximate surface area is 89.8 Å². The quantitative estimate of drug-likeness (QED) is 0.826. The summed E-state index contributed by atoms with van der Waals surface area (Å²) in [5.74, 6) is 0. The van der Waals surface area contributed by atoms with Gasteiger partial charge in [-0.05, 0) is 32.1 Å². The van der Waals surface area contributed by atoms with Crippen LogP contribution in [0.5, 0.6) is 0 Å². The van der Waals surface area contributed by atoms with Gasteiger partial charge in [-0.1, -0.05) is 6.92 Å². The predicted molar refractivity (Wildman–Crippen MR) is 60.5 cm³/mol. The zero-order chi connectivity index (χ0) is 10.2. The second kappa shape index (κ2) is 3.63. The summed E-state index contributed by atoms with van der Waals surface area (Å²) in [6.07, 6.45) is 4.70. The van der Waals surface area contributed by atoms with Crippen LogP contribution in [-0.4, -0.2) is 11.0 Å². The fourth-order valence-corrected chi connectivity index (χ4v) is 2.34. The Bertz CT molecular complexity index is 315. The minimum Gasteiger partial charge on any atom is -0.307 e. The average Bonchev–Trinajstić information content (AvgIpc) is 2.76. The molecule has 1 aliphatic carbocycles. The molecule has 2 nitrogen and oxygen atoms in total. The topological polar surface area (TPSA) is 24.9 Å². The molecule has 0 aromatic carbocycles. The summed E-state index contributed by atoms with van der Waals surface area (Å²) in [5.41, 5.74) is 0.562. The van der Waals surface area contributed by atoms with Crippen LogP contribution in [0.25, 0.3) is 0 Å². The SMILES string of the molecule is Cc1cnc(CNC(C)C2(C)CC2)s1. The molecule has 1 atom stereocenters. The van der Waals surface area contributed by atoms with Crippen molar-refractivity contribution in [3.8, 4) is 0 Å². The van der Waals surface area contributed by atoms with Gasteiger partial charge in [-0.2, -0.15) is 0 Å². The van der Waals surface area contributed by atoms with E-state index in [4.69, 9.17) is 0 Å². The number of nitrogens with one attached hydrogen (secondary N) is 1. The van der Waals surface area contributed by atoms with E-state index in [0.29, 0.717) is 11.5 Å². The van der Waals surface area contributed by atoms with Gasteiger partial charge in [-0.25, -0.2) is 4.98 Å². The maximum atomic E-state index is 4.35. The largest absolute Gasteiger partial charge is 0.307 e. The van der Waals surface area contributed by atoms with Crippen molar-refractivity contribution in [1.29, 1.82) is 0 Å². The summed E-state index contributed by atoms with van der Waals surface area (Å²) in [6, 6.07) is 0.617. The molecule has 1 N–H and O–H groups in total. The second-order valence-corrected chi connectivity index (χ2v) is 5.94. The van der Waals surface area contributed by atoms with E-state index in [1.165, 1.54) is 22.7 Å². The Morgan fingerprint density at radius 1 is 1.64 bits per heavy atom. The molecule has 0 aliphatic heterocycles. The second-order valence-electron chi connectivity index (χ2n) is 4.62. The molecular formula is C11H18N2S. The summed E-state index contributed by atoms with van der Waals surface area (Å²) < 4.78 is 0. The Balaban J connectivity index is 1.82. The van der Waals surface area contributed by atoms with Gasteiger partial charge < -0.3 is 5.32 Å². The maximum Gasteiger partial charge on any atom is 0.107 e. The smallest absolute Gasteiger partial charge is 0.107 e. The van der Waals surface area contributed by atoms with Gasteiger partial charge in [-0.3, -0.25) is 0 Å². The van der Waals surface area contributed by atoms with Gasteiger partial charge in [0, 0.05) is 23.7 Å². The van der Waals surface area contributed by atoms with Crippen LogP contribution in [-0.2, 0) is 6.54 Å².